The van der Waals surface area contributed by atoms with Gasteiger partial charge in [0.15, 0.2) is 5.69 Å². The van der Waals surface area contributed by atoms with Gasteiger partial charge in [-0.15, -0.1) is 0 Å². The summed E-state index contributed by atoms with van der Waals surface area (Å²) in [6.07, 6.45) is 0. The predicted octanol–water partition coefficient (Wildman–Crippen LogP) is 1.49. The van der Waals surface area contributed by atoms with Crippen molar-refractivity contribution >= 4 is 23.4 Å². The number of halogens is 1. The Labute approximate surface area is 80.7 Å². The summed E-state index contributed by atoms with van der Waals surface area (Å²) in [5.74, 6) is -0.313. The second-order valence-corrected chi connectivity index (χ2v) is 2.75. The zero-order valence-corrected chi connectivity index (χ0v) is 7.84. The lowest BCUT2D eigenvalue weighted by molar-refractivity contribution is 0.0519. The van der Waals surface area contributed by atoms with Crippen molar-refractivity contribution in [3.63, 3.8) is 0 Å². The topological polar surface area (TPSA) is 65.2 Å². The molecule has 0 aliphatic carbocycles. The van der Waals surface area contributed by atoms with E-state index in [1.807, 2.05) is 0 Å². The standard InChI is InChI=1S/C8H9ClN2O2/c1-2-13-8(12)6-3-5(9)4-7(10)11-6/h3-4H,2H2,1H3,(H2,10,11). The molecule has 1 rings (SSSR count). The van der Waals surface area contributed by atoms with E-state index in [1.165, 1.54) is 12.1 Å². The van der Waals surface area contributed by atoms with Crippen LogP contribution in [0, 0.1) is 0 Å². The number of nitrogens with zero attached hydrogens (tertiary/aromatic N) is 1. The number of nitrogens with two attached hydrogens (primary N) is 1. The number of esters is 1. The first-order valence-corrected chi connectivity index (χ1v) is 4.11. The van der Waals surface area contributed by atoms with Crippen LogP contribution in [0.4, 0.5) is 5.82 Å². The fourth-order valence-electron chi connectivity index (χ4n) is 0.827. The van der Waals surface area contributed by atoms with Gasteiger partial charge in [0.2, 0.25) is 0 Å². The monoisotopic (exact) mass is 200 g/mol. The molecule has 0 amide bonds. The van der Waals surface area contributed by atoms with Crippen molar-refractivity contribution in [2.24, 2.45) is 0 Å². The Morgan fingerprint density at radius 3 is 2.92 bits per heavy atom. The van der Waals surface area contributed by atoms with Crippen LogP contribution in [0.25, 0.3) is 0 Å². The Morgan fingerprint density at radius 1 is 1.69 bits per heavy atom. The summed E-state index contributed by atoms with van der Waals surface area (Å²) in [4.78, 5) is 14.9. The van der Waals surface area contributed by atoms with E-state index in [2.05, 4.69) is 4.98 Å². The van der Waals surface area contributed by atoms with Crippen molar-refractivity contribution in [1.29, 1.82) is 0 Å². The molecule has 0 unspecified atom stereocenters. The van der Waals surface area contributed by atoms with Gasteiger partial charge in [-0.2, -0.15) is 0 Å². The van der Waals surface area contributed by atoms with Gasteiger partial charge in [0, 0.05) is 5.02 Å². The number of aromatic nitrogens is 1. The molecule has 1 heterocycles. The van der Waals surface area contributed by atoms with Gasteiger partial charge in [0.1, 0.15) is 5.82 Å². The number of anilines is 1. The van der Waals surface area contributed by atoms with Gasteiger partial charge in [-0.1, -0.05) is 11.6 Å². The molecule has 1 aromatic rings. The minimum atomic E-state index is -0.517. The van der Waals surface area contributed by atoms with Gasteiger partial charge >= 0.3 is 5.97 Å². The summed E-state index contributed by atoms with van der Waals surface area (Å²) < 4.78 is 4.72. The number of carbonyl (C=O) groups excluding carboxylic acids is 1. The largest absolute Gasteiger partial charge is 0.461 e. The third-order valence-corrected chi connectivity index (χ3v) is 1.51. The molecule has 0 spiro atoms. The highest BCUT2D eigenvalue weighted by atomic mass is 35.5. The van der Waals surface area contributed by atoms with Gasteiger partial charge < -0.3 is 10.5 Å². The molecule has 0 aliphatic rings. The third kappa shape index (κ3) is 2.59. The van der Waals surface area contributed by atoms with Crippen molar-refractivity contribution in [1.82, 2.24) is 4.98 Å². The van der Waals surface area contributed by atoms with E-state index >= 15 is 0 Å². The molecule has 2 N–H and O–H groups in total. The lowest BCUT2D eigenvalue weighted by atomic mass is 10.3. The Kier molecular flexibility index (Phi) is 3.08. The van der Waals surface area contributed by atoms with E-state index in [9.17, 15) is 4.79 Å². The maximum absolute atomic E-state index is 11.2. The molecule has 0 saturated carbocycles. The van der Waals surface area contributed by atoms with Gasteiger partial charge in [-0.05, 0) is 19.1 Å². The highest BCUT2D eigenvalue weighted by molar-refractivity contribution is 6.31. The molecule has 4 nitrogen and oxygen atoms in total. The Bertz CT molecular complexity index is 308. The zero-order chi connectivity index (χ0) is 9.84. The molecule has 70 valence electrons. The Balaban J connectivity index is 2.94. The van der Waals surface area contributed by atoms with E-state index in [1.54, 1.807) is 6.92 Å². The lowest BCUT2D eigenvalue weighted by Gasteiger charge is -2.01. The number of carbonyl (C=O) groups is 1. The van der Waals surface area contributed by atoms with Gasteiger partial charge in [0.05, 0.1) is 6.61 Å². The number of nitrogen functional groups attached to an aromatic ring is 1. The zero-order valence-electron chi connectivity index (χ0n) is 7.08. The first-order chi connectivity index (χ1) is 6.13. The molecule has 0 atom stereocenters. The summed E-state index contributed by atoms with van der Waals surface area (Å²) in [5.41, 5.74) is 5.52. The molecule has 5 heteroatoms. The second-order valence-electron chi connectivity index (χ2n) is 2.32. The van der Waals surface area contributed by atoms with Crippen LogP contribution < -0.4 is 5.73 Å². The molecule has 0 aromatic carbocycles. The summed E-state index contributed by atoms with van der Waals surface area (Å²) in [7, 11) is 0. The number of pyridine rings is 1. The quantitative estimate of drug-likeness (QED) is 0.735. The molecule has 0 bridgehead atoms. The summed E-state index contributed by atoms with van der Waals surface area (Å²) in [6.45, 7) is 2.01. The second kappa shape index (κ2) is 4.09. The maximum atomic E-state index is 11.2. The average Bonchev–Trinajstić information content (AvgIpc) is 2.03. The maximum Gasteiger partial charge on any atom is 0.357 e. The van der Waals surface area contributed by atoms with Crippen LogP contribution in [-0.4, -0.2) is 17.6 Å². The van der Waals surface area contributed by atoms with Crippen LogP contribution in [0.1, 0.15) is 17.4 Å². The Hall–Kier alpha value is -1.29. The fourth-order valence-corrected chi connectivity index (χ4v) is 1.04. The van der Waals surface area contributed by atoms with Crippen molar-refractivity contribution in [2.45, 2.75) is 6.92 Å². The first kappa shape index (κ1) is 9.80. The fraction of sp³-hybridized carbons (Fsp3) is 0.250. The lowest BCUT2D eigenvalue weighted by Crippen LogP contribution is -2.08. The van der Waals surface area contributed by atoms with E-state index in [0.717, 1.165) is 0 Å². The van der Waals surface area contributed by atoms with E-state index < -0.39 is 5.97 Å². The average molecular weight is 201 g/mol. The van der Waals surface area contributed by atoms with Crippen molar-refractivity contribution in [3.8, 4) is 0 Å². The van der Waals surface area contributed by atoms with E-state index in [0.29, 0.717) is 11.6 Å². The minimum absolute atomic E-state index is 0.131. The van der Waals surface area contributed by atoms with Crippen LogP contribution in [0.5, 0.6) is 0 Å². The molecule has 0 fully saturated rings. The molecule has 0 saturated heterocycles. The molecule has 1 aromatic heterocycles. The molecule has 0 aliphatic heterocycles. The number of ether oxygens (including phenoxy) is 1. The first-order valence-electron chi connectivity index (χ1n) is 3.73. The van der Waals surface area contributed by atoms with Gasteiger partial charge in [0.25, 0.3) is 0 Å². The van der Waals surface area contributed by atoms with Crippen molar-refractivity contribution < 1.29 is 9.53 Å². The van der Waals surface area contributed by atoms with E-state index in [4.69, 9.17) is 22.1 Å². The van der Waals surface area contributed by atoms with Crippen LogP contribution in [0.15, 0.2) is 12.1 Å². The molecule has 0 radical (unpaired) electrons. The van der Waals surface area contributed by atoms with E-state index in [-0.39, 0.29) is 11.5 Å². The van der Waals surface area contributed by atoms with Crippen molar-refractivity contribution in [3.05, 3.63) is 22.8 Å². The number of rotatable bonds is 2. The summed E-state index contributed by atoms with van der Waals surface area (Å²) >= 11 is 5.67. The smallest absolute Gasteiger partial charge is 0.357 e. The van der Waals surface area contributed by atoms with Crippen LogP contribution >= 0.6 is 11.6 Å². The number of hydrogen-bond donors (Lipinski definition) is 1. The minimum Gasteiger partial charge on any atom is -0.461 e. The van der Waals surface area contributed by atoms with Crippen molar-refractivity contribution in [2.75, 3.05) is 12.3 Å². The highest BCUT2D eigenvalue weighted by Crippen LogP contribution is 2.13. The molecule has 13 heavy (non-hydrogen) atoms. The van der Waals surface area contributed by atoms with Crippen LogP contribution in [0.2, 0.25) is 5.02 Å². The van der Waals surface area contributed by atoms with Gasteiger partial charge in [-0.3, -0.25) is 0 Å². The van der Waals surface area contributed by atoms with Crippen LogP contribution in [-0.2, 0) is 4.74 Å². The molecular weight excluding hydrogens is 192 g/mol. The molecular formula is C8H9ClN2O2. The summed E-state index contributed by atoms with van der Waals surface area (Å²) in [5, 5.41) is 0.371. The van der Waals surface area contributed by atoms with Crippen LogP contribution in [0.3, 0.4) is 0 Å². The highest BCUT2D eigenvalue weighted by Gasteiger charge is 2.09. The third-order valence-electron chi connectivity index (χ3n) is 1.29. The van der Waals surface area contributed by atoms with Gasteiger partial charge in [-0.25, -0.2) is 9.78 Å². The normalized spacial score (nSPS) is 9.69. The predicted molar refractivity (Wildman–Crippen MR) is 49.6 cm³/mol. The Morgan fingerprint density at radius 2 is 2.38 bits per heavy atom. The summed E-state index contributed by atoms with van der Waals surface area (Å²) in [6, 6.07) is 2.88. The number of hydrogen-bond acceptors (Lipinski definition) is 4. The SMILES string of the molecule is CCOC(=O)c1cc(Cl)cc(N)n1.